The summed E-state index contributed by atoms with van der Waals surface area (Å²) in [5.74, 6) is 0.555. The van der Waals surface area contributed by atoms with Crippen LogP contribution >= 0.6 is 0 Å². The highest BCUT2D eigenvalue weighted by molar-refractivity contribution is 5.85. The molecule has 0 aromatic heterocycles. The molecule has 0 amide bonds. The largest absolute Gasteiger partial charge is 0.300 e. The molecule has 1 heterocycles. The van der Waals surface area contributed by atoms with Gasteiger partial charge < -0.3 is 0 Å². The van der Waals surface area contributed by atoms with E-state index in [1.54, 1.807) is 0 Å². The molecular weight excluding hydrogens is 186 g/mol. The second-order valence-electron chi connectivity index (χ2n) is 5.58. The number of nitrogens with zero attached hydrogens (tertiary/aromatic N) is 1. The van der Waals surface area contributed by atoms with Crippen LogP contribution in [0.1, 0.15) is 52.4 Å². The molecule has 1 saturated heterocycles. The Bertz CT molecular complexity index is 245. The minimum absolute atomic E-state index is 0.0563. The molecule has 1 aliphatic carbocycles. The van der Waals surface area contributed by atoms with Crippen LogP contribution in [-0.4, -0.2) is 29.8 Å². The molecule has 2 aliphatic rings. The number of rotatable bonds is 1. The SMILES string of the molecule is CC(C)N1CCCC2(CCCCC2=O)C1. The van der Waals surface area contributed by atoms with E-state index in [4.69, 9.17) is 0 Å². The fourth-order valence-corrected chi connectivity index (χ4v) is 3.19. The van der Waals surface area contributed by atoms with Gasteiger partial charge in [-0.1, -0.05) is 6.42 Å². The van der Waals surface area contributed by atoms with Gasteiger partial charge in [-0.25, -0.2) is 0 Å². The Morgan fingerprint density at radius 3 is 2.60 bits per heavy atom. The first-order valence-corrected chi connectivity index (χ1v) is 6.41. The summed E-state index contributed by atoms with van der Waals surface area (Å²) in [7, 11) is 0. The summed E-state index contributed by atoms with van der Waals surface area (Å²) in [5, 5.41) is 0. The molecule has 2 fully saturated rings. The number of piperidine rings is 1. The van der Waals surface area contributed by atoms with Gasteiger partial charge in [0.1, 0.15) is 5.78 Å². The average Bonchev–Trinajstić information content (AvgIpc) is 2.23. The van der Waals surface area contributed by atoms with Gasteiger partial charge in [0.05, 0.1) is 0 Å². The van der Waals surface area contributed by atoms with E-state index >= 15 is 0 Å². The lowest BCUT2D eigenvalue weighted by atomic mass is 9.68. The third-order valence-electron chi connectivity index (χ3n) is 4.24. The molecule has 0 N–H and O–H groups in total. The number of hydrogen-bond donors (Lipinski definition) is 0. The zero-order valence-corrected chi connectivity index (χ0v) is 10.1. The van der Waals surface area contributed by atoms with E-state index in [2.05, 4.69) is 18.7 Å². The van der Waals surface area contributed by atoms with Crippen molar-refractivity contribution in [3.8, 4) is 0 Å². The highest BCUT2D eigenvalue weighted by atomic mass is 16.1. The van der Waals surface area contributed by atoms with E-state index in [0.717, 1.165) is 32.2 Å². The van der Waals surface area contributed by atoms with Crippen LogP contribution in [0.5, 0.6) is 0 Å². The zero-order chi connectivity index (χ0) is 10.9. The topological polar surface area (TPSA) is 20.3 Å². The lowest BCUT2D eigenvalue weighted by Gasteiger charge is -2.45. The summed E-state index contributed by atoms with van der Waals surface area (Å²) in [6, 6.07) is 0.594. The Morgan fingerprint density at radius 2 is 1.93 bits per heavy atom. The summed E-state index contributed by atoms with van der Waals surface area (Å²) >= 11 is 0. The number of ketones is 1. The van der Waals surface area contributed by atoms with Gasteiger partial charge in [0.15, 0.2) is 0 Å². The first-order chi connectivity index (χ1) is 7.14. The first-order valence-electron chi connectivity index (χ1n) is 6.41. The highest BCUT2D eigenvalue weighted by Crippen LogP contribution is 2.41. The summed E-state index contributed by atoms with van der Waals surface area (Å²) < 4.78 is 0. The van der Waals surface area contributed by atoms with Crippen LogP contribution in [0.3, 0.4) is 0 Å². The van der Waals surface area contributed by atoms with Crippen LogP contribution in [0.2, 0.25) is 0 Å². The highest BCUT2D eigenvalue weighted by Gasteiger charge is 2.43. The van der Waals surface area contributed by atoms with Gasteiger partial charge in [-0.05, 0) is 46.1 Å². The minimum atomic E-state index is 0.0563. The van der Waals surface area contributed by atoms with Crippen molar-refractivity contribution >= 4 is 5.78 Å². The zero-order valence-electron chi connectivity index (χ0n) is 10.1. The maximum Gasteiger partial charge on any atom is 0.140 e. The normalized spacial score (nSPS) is 33.9. The van der Waals surface area contributed by atoms with E-state index < -0.39 is 0 Å². The summed E-state index contributed by atoms with van der Waals surface area (Å²) in [6.45, 7) is 6.70. The minimum Gasteiger partial charge on any atom is -0.300 e. The van der Waals surface area contributed by atoms with Crippen molar-refractivity contribution in [3.05, 3.63) is 0 Å². The lowest BCUT2D eigenvalue weighted by molar-refractivity contribution is -0.135. The molecule has 2 rings (SSSR count). The van der Waals surface area contributed by atoms with Crippen molar-refractivity contribution in [1.29, 1.82) is 0 Å². The third-order valence-corrected chi connectivity index (χ3v) is 4.24. The first kappa shape index (κ1) is 11.1. The molecule has 1 unspecified atom stereocenters. The van der Waals surface area contributed by atoms with Crippen LogP contribution in [0.15, 0.2) is 0 Å². The van der Waals surface area contributed by atoms with Gasteiger partial charge in [0.2, 0.25) is 0 Å². The second-order valence-corrected chi connectivity index (χ2v) is 5.58. The number of Topliss-reactive ketones (excluding diaryl/α,β-unsaturated/α-hetero) is 1. The molecule has 0 bridgehead atoms. The van der Waals surface area contributed by atoms with Crippen molar-refractivity contribution in [3.63, 3.8) is 0 Å². The van der Waals surface area contributed by atoms with Crippen LogP contribution < -0.4 is 0 Å². The van der Waals surface area contributed by atoms with Crippen LogP contribution in [0.25, 0.3) is 0 Å². The molecule has 1 saturated carbocycles. The van der Waals surface area contributed by atoms with Crippen molar-refractivity contribution in [2.75, 3.05) is 13.1 Å². The predicted octanol–water partition coefficient (Wildman–Crippen LogP) is 2.62. The number of hydrogen-bond acceptors (Lipinski definition) is 2. The van der Waals surface area contributed by atoms with Gasteiger partial charge in [-0.3, -0.25) is 9.69 Å². The van der Waals surface area contributed by atoms with Gasteiger partial charge in [0, 0.05) is 24.4 Å². The van der Waals surface area contributed by atoms with Crippen molar-refractivity contribution < 1.29 is 4.79 Å². The summed E-state index contributed by atoms with van der Waals surface area (Å²) in [5.41, 5.74) is 0.0563. The van der Waals surface area contributed by atoms with Crippen LogP contribution in [-0.2, 0) is 4.79 Å². The molecule has 0 radical (unpaired) electrons. The lowest BCUT2D eigenvalue weighted by Crippen LogP contribution is -2.51. The number of carbonyl (C=O) groups excluding carboxylic acids is 1. The van der Waals surface area contributed by atoms with Crippen molar-refractivity contribution in [1.82, 2.24) is 4.90 Å². The molecule has 2 heteroatoms. The number of carbonyl (C=O) groups is 1. The molecule has 1 aliphatic heterocycles. The van der Waals surface area contributed by atoms with E-state index in [0.29, 0.717) is 11.8 Å². The Kier molecular flexibility index (Phi) is 3.15. The van der Waals surface area contributed by atoms with Gasteiger partial charge in [-0.2, -0.15) is 0 Å². The standard InChI is InChI=1S/C13H23NO/c1-11(2)14-9-5-8-13(10-14)7-4-3-6-12(13)15/h11H,3-10H2,1-2H3. The fraction of sp³-hybridized carbons (Fsp3) is 0.923. The third kappa shape index (κ3) is 2.10. The van der Waals surface area contributed by atoms with Crippen LogP contribution in [0.4, 0.5) is 0 Å². The molecular formula is C13H23NO. The van der Waals surface area contributed by atoms with E-state index in [1.165, 1.54) is 19.4 Å². The second kappa shape index (κ2) is 4.25. The molecule has 2 nitrogen and oxygen atoms in total. The Morgan fingerprint density at radius 1 is 1.20 bits per heavy atom. The fourth-order valence-electron chi connectivity index (χ4n) is 3.19. The Hall–Kier alpha value is -0.370. The maximum atomic E-state index is 12.1. The van der Waals surface area contributed by atoms with E-state index in [9.17, 15) is 4.79 Å². The molecule has 0 aromatic carbocycles. The van der Waals surface area contributed by atoms with Gasteiger partial charge in [0.25, 0.3) is 0 Å². The smallest absolute Gasteiger partial charge is 0.140 e. The molecule has 1 spiro atoms. The quantitative estimate of drug-likeness (QED) is 0.661. The van der Waals surface area contributed by atoms with Gasteiger partial charge in [-0.15, -0.1) is 0 Å². The maximum absolute atomic E-state index is 12.1. The molecule has 1 atom stereocenters. The van der Waals surface area contributed by atoms with Crippen LogP contribution in [0, 0.1) is 5.41 Å². The van der Waals surface area contributed by atoms with E-state index in [-0.39, 0.29) is 5.41 Å². The average molecular weight is 209 g/mol. The number of likely N-dealkylation sites (tertiary alicyclic amines) is 1. The van der Waals surface area contributed by atoms with Crippen molar-refractivity contribution in [2.24, 2.45) is 5.41 Å². The predicted molar refractivity (Wildman–Crippen MR) is 61.9 cm³/mol. The molecule has 15 heavy (non-hydrogen) atoms. The Balaban J connectivity index is 2.09. The summed E-state index contributed by atoms with van der Waals surface area (Å²) in [6.07, 6.45) is 6.74. The Labute approximate surface area is 93.0 Å². The van der Waals surface area contributed by atoms with Crippen molar-refractivity contribution in [2.45, 2.75) is 58.4 Å². The molecule has 86 valence electrons. The van der Waals surface area contributed by atoms with Gasteiger partial charge >= 0.3 is 0 Å². The molecule has 0 aromatic rings. The van der Waals surface area contributed by atoms with E-state index in [1.807, 2.05) is 0 Å². The summed E-state index contributed by atoms with van der Waals surface area (Å²) in [4.78, 5) is 14.6. The monoisotopic (exact) mass is 209 g/mol.